The lowest BCUT2D eigenvalue weighted by atomic mass is 9.93. The van der Waals surface area contributed by atoms with Crippen LogP contribution in [0.25, 0.3) is 10.2 Å². The first-order chi connectivity index (χ1) is 8.87. The molecule has 3 rings (SSSR count). The van der Waals surface area contributed by atoms with Gasteiger partial charge in [-0.3, -0.25) is 0 Å². The van der Waals surface area contributed by atoms with E-state index in [2.05, 4.69) is 26.8 Å². The Morgan fingerprint density at radius 1 is 1.40 bits per heavy atom. The Bertz CT molecular complexity index is 707. The summed E-state index contributed by atoms with van der Waals surface area (Å²) in [7, 11) is -1.99. The first kappa shape index (κ1) is 16.0. The highest BCUT2D eigenvalue weighted by molar-refractivity contribution is 7.62. The predicted octanol–water partition coefficient (Wildman–Crippen LogP) is 5.20. The van der Waals surface area contributed by atoms with E-state index in [0.29, 0.717) is 5.92 Å². The van der Waals surface area contributed by atoms with E-state index in [4.69, 9.17) is 4.98 Å². The summed E-state index contributed by atoms with van der Waals surface area (Å²) in [6.45, 7) is 8.55. The summed E-state index contributed by atoms with van der Waals surface area (Å²) in [5, 5.41) is 1.29. The molecule has 0 amide bonds. The first-order valence-corrected chi connectivity index (χ1v) is 10.2. The normalized spacial score (nSPS) is 21.9. The fourth-order valence-corrected chi connectivity index (χ4v) is 5.87. The Balaban J connectivity index is 0.00000147. The summed E-state index contributed by atoms with van der Waals surface area (Å²) in [4.78, 5) is 7.31. The third-order valence-electron chi connectivity index (χ3n) is 3.93. The van der Waals surface area contributed by atoms with Crippen LogP contribution in [0.5, 0.6) is 0 Å². The zero-order valence-corrected chi connectivity index (χ0v) is 14.9. The minimum Gasteiger partial charge on any atom is -0.323 e. The van der Waals surface area contributed by atoms with Crippen molar-refractivity contribution >= 4 is 41.1 Å². The van der Waals surface area contributed by atoms with E-state index < -0.39 is 7.14 Å². The molecule has 0 spiro atoms. The van der Waals surface area contributed by atoms with Gasteiger partial charge in [-0.1, -0.05) is 13.8 Å². The van der Waals surface area contributed by atoms with Crippen LogP contribution in [0.15, 0.2) is 6.07 Å². The highest BCUT2D eigenvalue weighted by Crippen LogP contribution is 2.51. The van der Waals surface area contributed by atoms with Crippen LogP contribution in [0.4, 0.5) is 0 Å². The van der Waals surface area contributed by atoms with Crippen molar-refractivity contribution in [2.75, 3.05) is 12.8 Å². The average molecular weight is 330 g/mol. The van der Waals surface area contributed by atoms with Gasteiger partial charge in [0.1, 0.15) is 4.83 Å². The number of fused-ring (bicyclic) bond motifs is 2. The van der Waals surface area contributed by atoms with Crippen molar-refractivity contribution < 1.29 is 4.57 Å². The highest BCUT2D eigenvalue weighted by atomic mass is 35.5. The van der Waals surface area contributed by atoms with E-state index in [9.17, 15) is 4.57 Å². The third kappa shape index (κ3) is 2.68. The second kappa shape index (κ2) is 5.44. The van der Waals surface area contributed by atoms with Crippen molar-refractivity contribution in [1.82, 2.24) is 4.98 Å². The molecule has 1 aliphatic heterocycles. The van der Waals surface area contributed by atoms with Gasteiger partial charge in [-0.25, -0.2) is 4.98 Å². The van der Waals surface area contributed by atoms with Gasteiger partial charge in [0.05, 0.1) is 7.14 Å². The van der Waals surface area contributed by atoms with Crippen LogP contribution in [0.3, 0.4) is 0 Å². The van der Waals surface area contributed by atoms with E-state index in [0.717, 1.165) is 23.6 Å². The molecule has 0 aromatic carbocycles. The lowest BCUT2D eigenvalue weighted by Gasteiger charge is -2.25. The standard InChI is InChI=1S/C15H20NOPS.ClH/c1-9(2)14-11-7-10(3)19-15(11)16-13-5-6-18(4,17)8-12(13)14;/h7,9H,5-6,8H2,1-4H3;1H. The van der Waals surface area contributed by atoms with Crippen LogP contribution >= 0.6 is 30.9 Å². The molecule has 1 aliphatic rings. The first-order valence-electron chi connectivity index (χ1n) is 6.85. The Morgan fingerprint density at radius 3 is 2.75 bits per heavy atom. The number of aryl methyl sites for hydroxylation is 2. The van der Waals surface area contributed by atoms with Crippen LogP contribution < -0.4 is 0 Å². The summed E-state index contributed by atoms with van der Waals surface area (Å²) in [6, 6.07) is 2.25. The van der Waals surface area contributed by atoms with Gasteiger partial charge < -0.3 is 4.57 Å². The summed E-state index contributed by atoms with van der Waals surface area (Å²) >= 11 is 1.78. The van der Waals surface area contributed by atoms with E-state index in [1.54, 1.807) is 11.3 Å². The minimum atomic E-state index is -1.99. The van der Waals surface area contributed by atoms with Gasteiger partial charge in [0.15, 0.2) is 0 Å². The van der Waals surface area contributed by atoms with Crippen molar-refractivity contribution in [2.24, 2.45) is 0 Å². The number of hydrogen-bond donors (Lipinski definition) is 0. The molecule has 5 heteroatoms. The number of rotatable bonds is 1. The van der Waals surface area contributed by atoms with Gasteiger partial charge in [-0.05, 0) is 43.1 Å². The van der Waals surface area contributed by atoms with Crippen molar-refractivity contribution in [1.29, 1.82) is 0 Å². The molecule has 0 bridgehead atoms. The molecule has 3 heterocycles. The Labute approximate surface area is 130 Å². The van der Waals surface area contributed by atoms with Crippen LogP contribution in [0.1, 0.15) is 41.5 Å². The van der Waals surface area contributed by atoms with E-state index >= 15 is 0 Å². The maximum absolute atomic E-state index is 12.5. The van der Waals surface area contributed by atoms with Crippen molar-refractivity contribution in [3.05, 3.63) is 27.8 Å². The highest BCUT2D eigenvalue weighted by Gasteiger charge is 2.29. The van der Waals surface area contributed by atoms with E-state index in [-0.39, 0.29) is 12.4 Å². The maximum atomic E-state index is 12.5. The number of pyridine rings is 1. The molecule has 110 valence electrons. The fourth-order valence-electron chi connectivity index (χ4n) is 3.08. The molecular formula is C15H21ClNOPS. The van der Waals surface area contributed by atoms with E-state index in [1.807, 2.05) is 6.66 Å². The molecule has 0 aliphatic carbocycles. The Hall–Kier alpha value is -0.370. The molecule has 0 radical (unpaired) electrons. The zero-order valence-electron chi connectivity index (χ0n) is 12.4. The van der Waals surface area contributed by atoms with Crippen LogP contribution in [0.2, 0.25) is 0 Å². The molecule has 0 fully saturated rings. The van der Waals surface area contributed by atoms with Crippen LogP contribution in [-0.2, 0) is 17.1 Å². The number of halogens is 1. The molecule has 2 aromatic heterocycles. The summed E-state index contributed by atoms with van der Waals surface area (Å²) in [6.07, 6.45) is 2.45. The van der Waals surface area contributed by atoms with Crippen LogP contribution in [0, 0.1) is 6.92 Å². The number of nitrogens with zero attached hydrogens (tertiary/aromatic N) is 1. The Kier molecular flexibility index (Phi) is 4.35. The molecule has 2 nitrogen and oxygen atoms in total. The zero-order chi connectivity index (χ0) is 13.8. The monoisotopic (exact) mass is 329 g/mol. The molecule has 0 N–H and O–H groups in total. The SMILES string of the molecule is Cc1cc2c(C(C)C)c3c(nc2s1)CCP(C)(=O)C3.Cl. The predicted molar refractivity (Wildman–Crippen MR) is 91.5 cm³/mol. The van der Waals surface area contributed by atoms with Gasteiger partial charge in [0, 0.05) is 28.3 Å². The number of hydrogen-bond acceptors (Lipinski definition) is 3. The lowest BCUT2D eigenvalue weighted by molar-refractivity contribution is 0.574. The van der Waals surface area contributed by atoms with Crippen molar-refractivity contribution in [2.45, 2.75) is 39.3 Å². The molecular weight excluding hydrogens is 309 g/mol. The van der Waals surface area contributed by atoms with Crippen LogP contribution in [-0.4, -0.2) is 17.8 Å². The molecule has 2 aromatic rings. The smallest absolute Gasteiger partial charge is 0.124 e. The van der Waals surface area contributed by atoms with E-state index in [1.165, 1.54) is 27.1 Å². The Morgan fingerprint density at radius 2 is 2.10 bits per heavy atom. The average Bonchev–Trinajstić information content (AvgIpc) is 2.64. The number of aromatic nitrogens is 1. The molecule has 1 atom stereocenters. The number of thiophene rings is 1. The molecule has 0 saturated carbocycles. The second-order valence-corrected chi connectivity index (χ2v) is 10.7. The second-order valence-electron chi connectivity index (χ2n) is 6.11. The molecule has 20 heavy (non-hydrogen) atoms. The summed E-state index contributed by atoms with van der Waals surface area (Å²) in [5.41, 5.74) is 3.88. The topological polar surface area (TPSA) is 30.0 Å². The largest absolute Gasteiger partial charge is 0.323 e. The maximum Gasteiger partial charge on any atom is 0.124 e. The van der Waals surface area contributed by atoms with Gasteiger partial charge in [0.25, 0.3) is 0 Å². The fraction of sp³-hybridized carbons (Fsp3) is 0.533. The van der Waals surface area contributed by atoms with Crippen molar-refractivity contribution in [3.8, 4) is 0 Å². The molecule has 0 saturated heterocycles. The third-order valence-corrected chi connectivity index (χ3v) is 7.03. The van der Waals surface area contributed by atoms with Crippen molar-refractivity contribution in [3.63, 3.8) is 0 Å². The summed E-state index contributed by atoms with van der Waals surface area (Å²) < 4.78 is 12.5. The van der Waals surface area contributed by atoms with Gasteiger partial charge >= 0.3 is 0 Å². The lowest BCUT2D eigenvalue weighted by Crippen LogP contribution is -2.13. The van der Waals surface area contributed by atoms with Gasteiger partial charge in [-0.2, -0.15) is 0 Å². The quantitative estimate of drug-likeness (QED) is 0.673. The molecule has 1 unspecified atom stereocenters. The minimum absolute atomic E-state index is 0. The summed E-state index contributed by atoms with van der Waals surface area (Å²) in [5.74, 6) is 0.464. The van der Waals surface area contributed by atoms with Gasteiger partial charge in [-0.15, -0.1) is 23.7 Å². The van der Waals surface area contributed by atoms with Gasteiger partial charge in [0.2, 0.25) is 0 Å².